The largest absolute Gasteiger partial charge is 0.416 e. The molecule has 0 unspecified atom stereocenters. The van der Waals surface area contributed by atoms with E-state index >= 15 is 0 Å². The van der Waals surface area contributed by atoms with Crippen LogP contribution in [-0.4, -0.2) is 43.8 Å². The lowest BCUT2D eigenvalue weighted by Crippen LogP contribution is -2.52. The van der Waals surface area contributed by atoms with E-state index in [1.165, 1.54) is 42.2 Å². The second-order valence-corrected chi connectivity index (χ2v) is 12.3. The van der Waals surface area contributed by atoms with Crippen LogP contribution in [0.25, 0.3) is 0 Å². The summed E-state index contributed by atoms with van der Waals surface area (Å²) < 4.78 is 69.5. The molecule has 7 nitrogen and oxygen atoms in total. The topological polar surface area (TPSA) is 86.8 Å². The van der Waals surface area contributed by atoms with Crippen molar-refractivity contribution in [3.8, 4) is 0 Å². The number of anilines is 1. The molecule has 0 saturated carbocycles. The summed E-state index contributed by atoms with van der Waals surface area (Å²) in [6.45, 7) is 4.34. The Morgan fingerprint density at radius 3 is 2.22 bits per heavy atom. The molecule has 0 aliphatic carbocycles. The van der Waals surface area contributed by atoms with Crippen molar-refractivity contribution in [2.45, 2.75) is 56.9 Å². The first-order chi connectivity index (χ1) is 19.2. The predicted molar refractivity (Wildman–Crippen MR) is 154 cm³/mol. The maximum Gasteiger partial charge on any atom is 0.416 e. The number of carbonyl (C=O) groups is 2. The summed E-state index contributed by atoms with van der Waals surface area (Å²) in [4.78, 5) is 28.0. The summed E-state index contributed by atoms with van der Waals surface area (Å²) >= 11 is 3.38. The van der Waals surface area contributed by atoms with Crippen molar-refractivity contribution in [1.82, 2.24) is 10.2 Å². The molecule has 0 saturated heterocycles. The van der Waals surface area contributed by atoms with Crippen LogP contribution < -0.4 is 9.62 Å². The minimum atomic E-state index is -4.74. The number of benzene rings is 3. The van der Waals surface area contributed by atoms with Crippen LogP contribution in [0.2, 0.25) is 0 Å². The average Bonchev–Trinajstić information content (AvgIpc) is 2.94. The first-order valence-corrected chi connectivity index (χ1v) is 15.1. The lowest BCUT2D eigenvalue weighted by Gasteiger charge is -2.32. The van der Waals surface area contributed by atoms with Gasteiger partial charge in [0.15, 0.2) is 0 Å². The van der Waals surface area contributed by atoms with Gasteiger partial charge >= 0.3 is 6.18 Å². The molecule has 3 rings (SSSR count). The highest BCUT2D eigenvalue weighted by atomic mass is 79.9. The van der Waals surface area contributed by atoms with Crippen LogP contribution in [0.1, 0.15) is 38.3 Å². The number of rotatable bonds is 11. The predicted octanol–water partition coefficient (Wildman–Crippen LogP) is 6.00. The molecule has 0 fully saturated rings. The Morgan fingerprint density at radius 1 is 0.951 bits per heavy atom. The zero-order valence-electron chi connectivity index (χ0n) is 22.7. The number of alkyl halides is 3. The van der Waals surface area contributed by atoms with E-state index in [2.05, 4.69) is 21.2 Å². The third kappa shape index (κ3) is 8.32. The maximum atomic E-state index is 13.9. The number of sulfonamides is 1. The van der Waals surface area contributed by atoms with Gasteiger partial charge in [-0.15, -0.1) is 0 Å². The summed E-state index contributed by atoms with van der Waals surface area (Å²) in [5.41, 5.74) is -0.744. The molecule has 3 aromatic carbocycles. The molecular formula is C29H31BrF3N3O4S. The van der Waals surface area contributed by atoms with E-state index in [9.17, 15) is 31.2 Å². The van der Waals surface area contributed by atoms with Crippen LogP contribution in [-0.2, 0) is 32.3 Å². The van der Waals surface area contributed by atoms with Gasteiger partial charge in [-0.1, -0.05) is 59.3 Å². The van der Waals surface area contributed by atoms with Gasteiger partial charge in [0.25, 0.3) is 10.0 Å². The fourth-order valence-corrected chi connectivity index (χ4v) is 5.84. The van der Waals surface area contributed by atoms with Crippen molar-refractivity contribution in [2.24, 2.45) is 0 Å². The van der Waals surface area contributed by atoms with Crippen molar-refractivity contribution in [3.63, 3.8) is 0 Å². The average molecular weight is 655 g/mol. The molecular weight excluding hydrogens is 623 g/mol. The molecule has 2 amide bonds. The van der Waals surface area contributed by atoms with E-state index in [1.54, 1.807) is 30.3 Å². The highest BCUT2D eigenvalue weighted by Crippen LogP contribution is 2.33. The van der Waals surface area contributed by atoms with Crippen molar-refractivity contribution in [1.29, 1.82) is 0 Å². The molecule has 220 valence electrons. The quantitative estimate of drug-likeness (QED) is 0.275. The number of halogens is 4. The Kier molecular flexibility index (Phi) is 10.6. The lowest BCUT2D eigenvalue weighted by atomic mass is 10.1. The fraction of sp³-hybridized carbons (Fsp3) is 0.310. The van der Waals surface area contributed by atoms with E-state index in [-0.39, 0.29) is 23.2 Å². The van der Waals surface area contributed by atoms with E-state index < -0.39 is 46.2 Å². The van der Waals surface area contributed by atoms with E-state index in [4.69, 9.17) is 0 Å². The Bertz CT molecular complexity index is 1470. The summed E-state index contributed by atoms with van der Waals surface area (Å²) in [5.74, 6) is -1.21. The minimum Gasteiger partial charge on any atom is -0.352 e. The van der Waals surface area contributed by atoms with Gasteiger partial charge in [-0.25, -0.2) is 8.42 Å². The van der Waals surface area contributed by atoms with Gasteiger partial charge in [0.05, 0.1) is 16.1 Å². The number of amides is 2. The molecule has 0 heterocycles. The highest BCUT2D eigenvalue weighted by Gasteiger charge is 2.35. The van der Waals surface area contributed by atoms with Crippen LogP contribution in [0.3, 0.4) is 0 Å². The van der Waals surface area contributed by atoms with Crippen molar-refractivity contribution in [3.05, 3.63) is 94.5 Å². The van der Waals surface area contributed by atoms with Gasteiger partial charge in [0, 0.05) is 17.1 Å². The molecule has 0 aromatic heterocycles. The number of nitrogens with one attached hydrogen (secondary N) is 1. The third-order valence-electron chi connectivity index (χ3n) is 6.48. The third-order valence-corrected chi connectivity index (χ3v) is 8.76. The summed E-state index contributed by atoms with van der Waals surface area (Å²) in [5, 5.41) is 2.83. The molecule has 0 bridgehead atoms. The molecule has 2 atom stereocenters. The van der Waals surface area contributed by atoms with Gasteiger partial charge in [-0.3, -0.25) is 13.9 Å². The van der Waals surface area contributed by atoms with Crippen molar-refractivity contribution >= 4 is 43.5 Å². The standard InChI is InChI=1S/C29H31BrF3N3O4S/c1-4-20(2)34-28(38)21(3)35(18-22-10-8-12-24(30)16-22)27(37)19-36(41(39,40)26-14-6-5-7-15-26)25-13-9-11-23(17-25)29(31,32)33/h5-17,20-21H,4,18-19H2,1-3H3,(H,34,38)/t20-,21+/m0/s1. The van der Waals surface area contributed by atoms with Gasteiger partial charge in [0.2, 0.25) is 11.8 Å². The first-order valence-electron chi connectivity index (χ1n) is 12.8. The number of hydrogen-bond donors (Lipinski definition) is 1. The summed E-state index contributed by atoms with van der Waals surface area (Å²) in [6, 6.07) is 16.8. The Morgan fingerprint density at radius 2 is 1.61 bits per heavy atom. The normalized spacial score (nSPS) is 13.2. The number of hydrogen-bond acceptors (Lipinski definition) is 4. The lowest BCUT2D eigenvalue weighted by molar-refractivity contribution is -0.139. The molecule has 0 spiro atoms. The van der Waals surface area contributed by atoms with E-state index in [0.29, 0.717) is 22.4 Å². The van der Waals surface area contributed by atoms with E-state index in [0.717, 1.165) is 16.6 Å². The molecule has 1 N–H and O–H groups in total. The number of nitrogens with zero attached hydrogens (tertiary/aromatic N) is 2. The van der Waals surface area contributed by atoms with Crippen molar-refractivity contribution < 1.29 is 31.2 Å². The monoisotopic (exact) mass is 653 g/mol. The SMILES string of the molecule is CC[C@H](C)NC(=O)[C@@H](C)N(Cc1cccc(Br)c1)C(=O)CN(c1cccc(C(F)(F)F)c1)S(=O)(=O)c1ccccc1. The molecule has 0 aliphatic heterocycles. The summed E-state index contributed by atoms with van der Waals surface area (Å²) in [7, 11) is -4.48. The first kappa shape index (κ1) is 32.1. The molecule has 0 radical (unpaired) electrons. The van der Waals surface area contributed by atoms with Crippen LogP contribution in [0.5, 0.6) is 0 Å². The maximum absolute atomic E-state index is 13.9. The zero-order valence-corrected chi connectivity index (χ0v) is 25.1. The van der Waals surface area contributed by atoms with Gasteiger partial charge < -0.3 is 10.2 Å². The molecule has 3 aromatic rings. The Labute approximate surface area is 246 Å². The van der Waals surface area contributed by atoms with Crippen molar-refractivity contribution in [2.75, 3.05) is 10.8 Å². The summed E-state index contributed by atoms with van der Waals surface area (Å²) in [6.07, 6.45) is -4.09. The van der Waals surface area contributed by atoms with Gasteiger partial charge in [-0.05, 0) is 68.3 Å². The van der Waals surface area contributed by atoms with Crippen LogP contribution in [0, 0.1) is 0 Å². The highest BCUT2D eigenvalue weighted by molar-refractivity contribution is 9.10. The smallest absolute Gasteiger partial charge is 0.352 e. The second-order valence-electron chi connectivity index (χ2n) is 9.52. The zero-order chi connectivity index (χ0) is 30.4. The van der Waals surface area contributed by atoms with E-state index in [1.807, 2.05) is 13.8 Å². The minimum absolute atomic E-state index is 0.0464. The van der Waals surface area contributed by atoms with Crippen LogP contribution in [0.15, 0.2) is 88.2 Å². The van der Waals surface area contributed by atoms with Gasteiger partial charge in [-0.2, -0.15) is 13.2 Å². The number of carbonyl (C=O) groups excluding carboxylic acids is 2. The van der Waals surface area contributed by atoms with Gasteiger partial charge in [0.1, 0.15) is 12.6 Å². The fourth-order valence-electron chi connectivity index (χ4n) is 3.97. The van der Waals surface area contributed by atoms with Crippen LogP contribution in [0.4, 0.5) is 18.9 Å². The molecule has 0 aliphatic rings. The molecule has 41 heavy (non-hydrogen) atoms. The Balaban J connectivity index is 2.08. The van der Waals surface area contributed by atoms with Crippen LogP contribution >= 0.6 is 15.9 Å². The second kappa shape index (κ2) is 13.5. The molecule has 12 heteroatoms. The Hall–Kier alpha value is -3.38.